The van der Waals surface area contributed by atoms with Crippen LogP contribution in [0.25, 0.3) is 0 Å². The predicted octanol–water partition coefficient (Wildman–Crippen LogP) is 1.86. The lowest BCUT2D eigenvalue weighted by atomic mass is 9.93. The molecule has 0 aromatic heterocycles. The molecule has 7 heteroatoms. The van der Waals surface area contributed by atoms with Gasteiger partial charge in [-0.15, -0.1) is 0 Å². The van der Waals surface area contributed by atoms with Gasteiger partial charge < -0.3 is 10.6 Å². The Morgan fingerprint density at radius 1 is 1.29 bits per heavy atom. The summed E-state index contributed by atoms with van der Waals surface area (Å²) < 4.78 is 13.5. The highest BCUT2D eigenvalue weighted by Crippen LogP contribution is 2.24. The van der Waals surface area contributed by atoms with E-state index in [4.69, 9.17) is 0 Å². The fourth-order valence-corrected chi connectivity index (χ4v) is 2.70. The minimum atomic E-state index is -0.919. The van der Waals surface area contributed by atoms with Gasteiger partial charge >= 0.3 is 6.03 Å². The Morgan fingerprint density at radius 2 is 1.96 bits per heavy atom. The number of hydrogen-bond donors (Lipinski definition) is 2. The van der Waals surface area contributed by atoms with Gasteiger partial charge in [-0.05, 0) is 37.0 Å². The van der Waals surface area contributed by atoms with Crippen molar-refractivity contribution >= 4 is 17.8 Å². The molecule has 0 spiro atoms. The van der Waals surface area contributed by atoms with Crippen molar-refractivity contribution in [1.82, 2.24) is 15.5 Å². The van der Waals surface area contributed by atoms with Crippen molar-refractivity contribution in [3.8, 4) is 0 Å². The number of halogens is 1. The van der Waals surface area contributed by atoms with Gasteiger partial charge in [0.1, 0.15) is 17.9 Å². The van der Waals surface area contributed by atoms with Crippen LogP contribution in [0.4, 0.5) is 9.18 Å². The fraction of sp³-hybridized carbons (Fsp3) is 0.471. The number of carbonyl (C=O) groups excluding carboxylic acids is 3. The molecule has 0 saturated carbocycles. The molecule has 1 saturated heterocycles. The van der Waals surface area contributed by atoms with Crippen LogP contribution in [-0.2, 0) is 16.1 Å². The summed E-state index contributed by atoms with van der Waals surface area (Å²) in [6, 6.07) is 4.14. The number of nitrogens with zero attached hydrogens (tertiary/aromatic N) is 1. The Hall–Kier alpha value is -2.44. The molecule has 130 valence electrons. The van der Waals surface area contributed by atoms with E-state index in [9.17, 15) is 18.8 Å². The molecule has 1 aromatic rings. The van der Waals surface area contributed by atoms with Crippen LogP contribution in [0.15, 0.2) is 18.2 Å². The second kappa shape index (κ2) is 6.98. The highest BCUT2D eigenvalue weighted by Gasteiger charge is 2.49. The normalized spacial score (nSPS) is 16.2. The first-order valence-corrected chi connectivity index (χ1v) is 7.98. The summed E-state index contributed by atoms with van der Waals surface area (Å²) >= 11 is 0. The number of aryl methyl sites for hydroxylation is 1. The average molecular weight is 335 g/mol. The molecule has 6 nitrogen and oxygen atoms in total. The Bertz CT molecular complexity index is 671. The lowest BCUT2D eigenvalue weighted by Gasteiger charge is -2.23. The lowest BCUT2D eigenvalue weighted by molar-refractivity contribution is -0.135. The maximum absolute atomic E-state index is 13.5. The molecule has 1 aliphatic rings. The maximum Gasteiger partial charge on any atom is 0.325 e. The molecule has 0 unspecified atom stereocenters. The van der Waals surface area contributed by atoms with E-state index in [0.29, 0.717) is 24.0 Å². The van der Waals surface area contributed by atoms with Crippen LogP contribution < -0.4 is 10.6 Å². The van der Waals surface area contributed by atoms with E-state index in [1.54, 1.807) is 19.1 Å². The van der Waals surface area contributed by atoms with Crippen LogP contribution in [0, 0.1) is 12.7 Å². The predicted molar refractivity (Wildman–Crippen MR) is 86.5 cm³/mol. The van der Waals surface area contributed by atoms with Gasteiger partial charge in [-0.1, -0.05) is 26.0 Å². The third kappa shape index (κ3) is 3.39. The second-order valence-electron chi connectivity index (χ2n) is 5.97. The Labute approximate surface area is 140 Å². The lowest BCUT2D eigenvalue weighted by Crippen LogP contribution is -2.46. The van der Waals surface area contributed by atoms with Gasteiger partial charge in [-0.3, -0.25) is 14.5 Å². The van der Waals surface area contributed by atoms with E-state index < -0.39 is 17.5 Å². The van der Waals surface area contributed by atoms with Crippen LogP contribution in [0.1, 0.15) is 37.8 Å². The standard InChI is InChI=1S/C17H22FN3O3/c1-4-17(5-2)15(23)21(16(24)20-17)10-14(22)19-9-12-7-6-11(3)13(18)8-12/h6-8H,4-5,9-10H2,1-3H3,(H,19,22)(H,20,24). The Morgan fingerprint density at radius 3 is 2.50 bits per heavy atom. The van der Waals surface area contributed by atoms with E-state index in [-0.39, 0.29) is 24.8 Å². The third-order valence-electron chi connectivity index (χ3n) is 4.48. The highest BCUT2D eigenvalue weighted by atomic mass is 19.1. The van der Waals surface area contributed by atoms with E-state index in [2.05, 4.69) is 10.6 Å². The van der Waals surface area contributed by atoms with Crippen molar-refractivity contribution in [1.29, 1.82) is 0 Å². The zero-order valence-electron chi connectivity index (χ0n) is 14.1. The van der Waals surface area contributed by atoms with Crippen LogP contribution in [0.2, 0.25) is 0 Å². The van der Waals surface area contributed by atoms with Gasteiger partial charge in [0.15, 0.2) is 0 Å². The average Bonchev–Trinajstić information content (AvgIpc) is 2.80. The fourth-order valence-electron chi connectivity index (χ4n) is 2.70. The largest absolute Gasteiger partial charge is 0.350 e. The summed E-state index contributed by atoms with van der Waals surface area (Å²) in [6.07, 6.45) is 0.934. The summed E-state index contributed by atoms with van der Waals surface area (Å²) in [5.41, 5.74) is 0.220. The SMILES string of the molecule is CCC1(CC)NC(=O)N(CC(=O)NCc2ccc(C)c(F)c2)C1=O. The van der Waals surface area contributed by atoms with Crippen LogP contribution in [0.3, 0.4) is 0 Å². The summed E-state index contributed by atoms with van der Waals surface area (Å²) in [4.78, 5) is 37.3. The van der Waals surface area contributed by atoms with E-state index >= 15 is 0 Å². The summed E-state index contributed by atoms with van der Waals surface area (Å²) in [7, 11) is 0. The van der Waals surface area contributed by atoms with Gasteiger partial charge in [0, 0.05) is 6.54 Å². The summed E-state index contributed by atoms with van der Waals surface area (Å²) in [5, 5.41) is 5.26. The van der Waals surface area contributed by atoms with Gasteiger partial charge in [0.2, 0.25) is 5.91 Å². The van der Waals surface area contributed by atoms with E-state index in [0.717, 1.165) is 4.90 Å². The van der Waals surface area contributed by atoms with Crippen molar-refractivity contribution in [3.05, 3.63) is 35.1 Å². The van der Waals surface area contributed by atoms with Gasteiger partial charge in [0.05, 0.1) is 0 Å². The molecule has 1 aromatic carbocycles. The van der Waals surface area contributed by atoms with Gasteiger partial charge in [-0.25, -0.2) is 9.18 Å². The van der Waals surface area contributed by atoms with Crippen LogP contribution >= 0.6 is 0 Å². The Balaban J connectivity index is 1.96. The molecule has 0 aliphatic carbocycles. The molecular weight excluding hydrogens is 313 g/mol. The molecule has 2 rings (SSSR count). The first kappa shape index (κ1) is 17.9. The Kier molecular flexibility index (Phi) is 5.21. The smallest absolute Gasteiger partial charge is 0.325 e. The number of hydrogen-bond acceptors (Lipinski definition) is 3. The van der Waals surface area contributed by atoms with Gasteiger partial charge in [0.25, 0.3) is 5.91 Å². The number of benzene rings is 1. The first-order valence-electron chi connectivity index (χ1n) is 7.98. The molecule has 1 aliphatic heterocycles. The number of imide groups is 1. The number of nitrogens with one attached hydrogen (secondary N) is 2. The third-order valence-corrected chi connectivity index (χ3v) is 4.48. The zero-order chi connectivity index (χ0) is 17.9. The van der Waals surface area contributed by atoms with Crippen LogP contribution in [-0.4, -0.2) is 34.8 Å². The molecule has 0 atom stereocenters. The number of amides is 4. The molecule has 24 heavy (non-hydrogen) atoms. The first-order chi connectivity index (χ1) is 11.3. The van der Waals surface area contributed by atoms with Crippen molar-refractivity contribution < 1.29 is 18.8 Å². The number of rotatable bonds is 6. The van der Waals surface area contributed by atoms with Crippen LogP contribution in [0.5, 0.6) is 0 Å². The summed E-state index contributed by atoms with van der Waals surface area (Å²) in [6.45, 7) is 5.07. The number of carbonyl (C=O) groups is 3. The quantitative estimate of drug-likeness (QED) is 0.779. The zero-order valence-corrected chi connectivity index (χ0v) is 14.1. The number of urea groups is 1. The monoisotopic (exact) mass is 335 g/mol. The van der Waals surface area contributed by atoms with E-state index in [1.165, 1.54) is 6.07 Å². The second-order valence-corrected chi connectivity index (χ2v) is 5.97. The maximum atomic E-state index is 13.5. The minimum Gasteiger partial charge on any atom is -0.350 e. The molecular formula is C17H22FN3O3. The van der Waals surface area contributed by atoms with Crippen molar-refractivity contribution in [2.75, 3.05) is 6.54 Å². The molecule has 4 amide bonds. The molecule has 0 radical (unpaired) electrons. The van der Waals surface area contributed by atoms with Crippen molar-refractivity contribution in [2.24, 2.45) is 0 Å². The van der Waals surface area contributed by atoms with Gasteiger partial charge in [-0.2, -0.15) is 0 Å². The highest BCUT2D eigenvalue weighted by molar-refractivity contribution is 6.08. The molecule has 1 heterocycles. The van der Waals surface area contributed by atoms with Crippen molar-refractivity contribution in [2.45, 2.75) is 45.7 Å². The topological polar surface area (TPSA) is 78.5 Å². The van der Waals surface area contributed by atoms with E-state index in [1.807, 2.05) is 13.8 Å². The minimum absolute atomic E-state index is 0.131. The molecule has 1 fully saturated rings. The molecule has 2 N–H and O–H groups in total. The molecule has 0 bridgehead atoms. The van der Waals surface area contributed by atoms with Crippen molar-refractivity contribution in [3.63, 3.8) is 0 Å². The summed E-state index contributed by atoms with van der Waals surface area (Å²) in [5.74, 6) is -1.19.